The second-order valence-corrected chi connectivity index (χ2v) is 4.41. The van der Waals surface area contributed by atoms with Crippen molar-refractivity contribution in [3.63, 3.8) is 0 Å². The van der Waals surface area contributed by atoms with Crippen LogP contribution in [0.1, 0.15) is 13.3 Å². The maximum atomic E-state index is 5.50. The number of nitrogens with one attached hydrogen (secondary N) is 1. The van der Waals surface area contributed by atoms with Gasteiger partial charge in [-0.25, -0.2) is 4.98 Å². The predicted octanol–water partition coefficient (Wildman–Crippen LogP) is 1.74. The zero-order chi connectivity index (χ0) is 11.5. The molecule has 0 saturated carbocycles. The number of hydrogen-bond donors (Lipinski definition) is 1. The van der Waals surface area contributed by atoms with Crippen molar-refractivity contribution in [2.45, 2.75) is 25.5 Å². The van der Waals surface area contributed by atoms with E-state index in [1.807, 2.05) is 31.3 Å². The van der Waals surface area contributed by atoms with Crippen LogP contribution in [-0.2, 0) is 4.74 Å². The first-order chi connectivity index (χ1) is 7.66. The zero-order valence-corrected chi connectivity index (χ0v) is 10.1. The molecule has 2 atom stereocenters. The Hall–Kier alpha value is -1.29. The summed E-state index contributed by atoms with van der Waals surface area (Å²) in [4.78, 5) is 6.43. The second kappa shape index (κ2) is 4.70. The molecule has 2 unspecified atom stereocenters. The molecule has 1 fully saturated rings. The smallest absolute Gasteiger partial charge is 0.126 e. The van der Waals surface area contributed by atoms with Crippen molar-refractivity contribution in [2.24, 2.45) is 0 Å². The zero-order valence-electron chi connectivity index (χ0n) is 10.1. The van der Waals surface area contributed by atoms with Crippen LogP contribution in [0.5, 0.6) is 0 Å². The molecule has 1 aliphatic heterocycles. The monoisotopic (exact) mass is 221 g/mol. The molecule has 1 aliphatic rings. The molecule has 1 saturated heterocycles. The summed E-state index contributed by atoms with van der Waals surface area (Å²) in [5.41, 5.74) is 1.11. The van der Waals surface area contributed by atoms with E-state index in [0.29, 0.717) is 6.04 Å². The van der Waals surface area contributed by atoms with E-state index in [2.05, 4.69) is 23.3 Å². The number of ether oxygens (including phenoxy) is 1. The van der Waals surface area contributed by atoms with Crippen molar-refractivity contribution in [1.82, 2.24) is 4.98 Å². The van der Waals surface area contributed by atoms with Crippen molar-refractivity contribution in [3.8, 4) is 0 Å². The van der Waals surface area contributed by atoms with Gasteiger partial charge in [-0.1, -0.05) is 0 Å². The first-order valence-corrected chi connectivity index (χ1v) is 5.68. The van der Waals surface area contributed by atoms with Crippen molar-refractivity contribution < 1.29 is 4.74 Å². The normalized spacial score (nSPS) is 24.4. The van der Waals surface area contributed by atoms with Gasteiger partial charge in [0.15, 0.2) is 0 Å². The molecule has 2 heterocycles. The maximum absolute atomic E-state index is 5.50. The molecule has 0 spiro atoms. The lowest BCUT2D eigenvalue weighted by Crippen LogP contribution is -2.27. The fraction of sp³-hybridized carbons (Fsp3) is 0.583. The van der Waals surface area contributed by atoms with Gasteiger partial charge in [-0.2, -0.15) is 0 Å². The minimum atomic E-state index is 0.273. The van der Waals surface area contributed by atoms with Crippen molar-refractivity contribution in [2.75, 3.05) is 30.9 Å². The van der Waals surface area contributed by atoms with Gasteiger partial charge in [-0.15, -0.1) is 0 Å². The third-order valence-electron chi connectivity index (χ3n) is 2.97. The number of anilines is 2. The van der Waals surface area contributed by atoms with Crippen LogP contribution < -0.4 is 10.2 Å². The van der Waals surface area contributed by atoms with Gasteiger partial charge in [-0.05, 0) is 25.5 Å². The van der Waals surface area contributed by atoms with E-state index >= 15 is 0 Å². The van der Waals surface area contributed by atoms with E-state index in [0.717, 1.165) is 24.5 Å². The minimum absolute atomic E-state index is 0.273. The van der Waals surface area contributed by atoms with E-state index in [1.165, 1.54) is 0 Å². The molecule has 4 heteroatoms. The SMILES string of the molecule is CC1OCCC1Nc1ccc(N(C)C)cn1. The molecule has 1 aromatic heterocycles. The summed E-state index contributed by atoms with van der Waals surface area (Å²) < 4.78 is 5.50. The lowest BCUT2D eigenvalue weighted by Gasteiger charge is -2.17. The Morgan fingerprint density at radius 1 is 1.44 bits per heavy atom. The fourth-order valence-electron chi connectivity index (χ4n) is 1.85. The van der Waals surface area contributed by atoms with E-state index in [9.17, 15) is 0 Å². The second-order valence-electron chi connectivity index (χ2n) is 4.41. The lowest BCUT2D eigenvalue weighted by molar-refractivity contribution is 0.121. The van der Waals surface area contributed by atoms with Gasteiger partial charge in [0.1, 0.15) is 5.82 Å². The molecule has 1 N–H and O–H groups in total. The first-order valence-electron chi connectivity index (χ1n) is 5.68. The molecule has 88 valence electrons. The molecule has 0 bridgehead atoms. The average Bonchev–Trinajstić information content (AvgIpc) is 2.65. The molecule has 0 aliphatic carbocycles. The highest BCUT2D eigenvalue weighted by Gasteiger charge is 2.23. The van der Waals surface area contributed by atoms with Crippen LogP contribution in [0.15, 0.2) is 18.3 Å². The summed E-state index contributed by atoms with van der Waals surface area (Å²) in [6.07, 6.45) is 3.21. The van der Waals surface area contributed by atoms with Gasteiger partial charge in [0.2, 0.25) is 0 Å². The van der Waals surface area contributed by atoms with Crippen molar-refractivity contribution >= 4 is 11.5 Å². The molecule has 16 heavy (non-hydrogen) atoms. The van der Waals surface area contributed by atoms with Crippen LogP contribution in [0.25, 0.3) is 0 Å². The Labute approximate surface area is 96.6 Å². The number of aromatic nitrogens is 1. The third kappa shape index (κ3) is 2.44. The summed E-state index contributed by atoms with van der Waals surface area (Å²) >= 11 is 0. The Balaban J connectivity index is 1.99. The summed E-state index contributed by atoms with van der Waals surface area (Å²) in [5.74, 6) is 0.924. The number of nitrogens with zero attached hydrogens (tertiary/aromatic N) is 2. The van der Waals surface area contributed by atoms with E-state index in [4.69, 9.17) is 4.74 Å². The van der Waals surface area contributed by atoms with Crippen LogP contribution in [0.3, 0.4) is 0 Å². The first kappa shape index (κ1) is 11.2. The molecule has 0 amide bonds. The van der Waals surface area contributed by atoms with Crippen molar-refractivity contribution in [3.05, 3.63) is 18.3 Å². The highest BCUT2D eigenvalue weighted by molar-refractivity contribution is 5.48. The molecule has 2 rings (SSSR count). The predicted molar refractivity (Wildman–Crippen MR) is 66.0 cm³/mol. The van der Waals surface area contributed by atoms with Gasteiger partial charge in [-0.3, -0.25) is 0 Å². The van der Waals surface area contributed by atoms with Gasteiger partial charge in [0.25, 0.3) is 0 Å². The Morgan fingerprint density at radius 3 is 2.75 bits per heavy atom. The average molecular weight is 221 g/mol. The van der Waals surface area contributed by atoms with Crippen LogP contribution in [0.4, 0.5) is 11.5 Å². The molecule has 0 aromatic carbocycles. The number of pyridine rings is 1. The molecule has 4 nitrogen and oxygen atoms in total. The van der Waals surface area contributed by atoms with E-state index < -0.39 is 0 Å². The quantitative estimate of drug-likeness (QED) is 0.843. The van der Waals surface area contributed by atoms with Gasteiger partial charge in [0.05, 0.1) is 24.0 Å². The van der Waals surface area contributed by atoms with Gasteiger partial charge >= 0.3 is 0 Å². The summed E-state index contributed by atoms with van der Waals surface area (Å²) in [7, 11) is 4.02. The minimum Gasteiger partial charge on any atom is -0.376 e. The molecular formula is C12H19N3O. The van der Waals surface area contributed by atoms with Crippen LogP contribution >= 0.6 is 0 Å². The molecule has 1 aromatic rings. The standard InChI is InChI=1S/C12H19N3O/c1-9-11(6-7-16-9)14-12-5-4-10(8-13-12)15(2)3/h4-5,8-9,11H,6-7H2,1-3H3,(H,13,14). The van der Waals surface area contributed by atoms with Crippen molar-refractivity contribution in [1.29, 1.82) is 0 Å². The molecule has 0 radical (unpaired) electrons. The Bertz CT molecular complexity index is 337. The van der Waals surface area contributed by atoms with Crippen LogP contribution in [-0.4, -0.2) is 37.8 Å². The number of rotatable bonds is 3. The third-order valence-corrected chi connectivity index (χ3v) is 2.97. The van der Waals surface area contributed by atoms with Crippen LogP contribution in [0, 0.1) is 0 Å². The Morgan fingerprint density at radius 2 is 2.25 bits per heavy atom. The lowest BCUT2D eigenvalue weighted by atomic mass is 10.1. The highest BCUT2D eigenvalue weighted by atomic mass is 16.5. The van der Waals surface area contributed by atoms with Crippen LogP contribution in [0.2, 0.25) is 0 Å². The maximum Gasteiger partial charge on any atom is 0.126 e. The largest absolute Gasteiger partial charge is 0.376 e. The summed E-state index contributed by atoms with van der Waals surface area (Å²) in [5, 5.41) is 3.40. The molecular weight excluding hydrogens is 202 g/mol. The van der Waals surface area contributed by atoms with Gasteiger partial charge in [0, 0.05) is 20.7 Å². The topological polar surface area (TPSA) is 37.4 Å². The number of hydrogen-bond acceptors (Lipinski definition) is 4. The summed E-state index contributed by atoms with van der Waals surface area (Å²) in [6, 6.07) is 4.47. The Kier molecular flexibility index (Phi) is 3.29. The highest BCUT2D eigenvalue weighted by Crippen LogP contribution is 2.18. The van der Waals surface area contributed by atoms with E-state index in [-0.39, 0.29) is 6.10 Å². The van der Waals surface area contributed by atoms with E-state index in [1.54, 1.807) is 0 Å². The fourth-order valence-corrected chi connectivity index (χ4v) is 1.85. The summed E-state index contributed by atoms with van der Waals surface area (Å²) in [6.45, 7) is 2.94. The van der Waals surface area contributed by atoms with Gasteiger partial charge < -0.3 is 15.0 Å².